The zero-order chi connectivity index (χ0) is 14.0. The molecule has 0 aliphatic heterocycles. The molecule has 0 saturated heterocycles. The van der Waals surface area contributed by atoms with Gasteiger partial charge in [-0.05, 0) is 30.2 Å². The van der Waals surface area contributed by atoms with Crippen molar-refractivity contribution in [3.05, 3.63) is 70.8 Å². The van der Waals surface area contributed by atoms with Gasteiger partial charge in [0.2, 0.25) is 0 Å². The van der Waals surface area contributed by atoms with Crippen LogP contribution in [0.15, 0.2) is 36.4 Å². The number of hydrogen-bond donors (Lipinski definition) is 0. The monoisotopic (exact) mass is 332 g/mol. The molecule has 0 radical (unpaired) electrons. The van der Waals surface area contributed by atoms with Gasteiger partial charge >= 0.3 is 0 Å². The lowest BCUT2D eigenvalue weighted by atomic mass is 10.0. The van der Waals surface area contributed by atoms with E-state index in [1.54, 1.807) is 0 Å². The van der Waals surface area contributed by atoms with Gasteiger partial charge in [0.1, 0.15) is 23.3 Å². The Morgan fingerprint density at radius 3 is 2.11 bits per heavy atom. The molecule has 5 heteroatoms. The molecule has 0 heterocycles. The highest BCUT2D eigenvalue weighted by Crippen LogP contribution is 2.31. The summed E-state index contributed by atoms with van der Waals surface area (Å²) in [7, 11) is 0. The van der Waals surface area contributed by atoms with E-state index in [4.69, 9.17) is 0 Å². The van der Waals surface area contributed by atoms with Gasteiger partial charge < -0.3 is 0 Å². The predicted octanol–water partition coefficient (Wildman–Crippen LogP) is 4.92. The summed E-state index contributed by atoms with van der Waals surface area (Å²) >= 11 is 3.14. The maximum atomic E-state index is 13.5. The zero-order valence-corrected chi connectivity index (χ0v) is 11.2. The molecule has 0 N–H and O–H groups in total. The van der Waals surface area contributed by atoms with Gasteiger partial charge in [-0.3, -0.25) is 0 Å². The number of benzene rings is 2. The molecule has 2 aromatic carbocycles. The first kappa shape index (κ1) is 14.1. The second kappa shape index (κ2) is 5.74. The molecule has 1 atom stereocenters. The smallest absolute Gasteiger partial charge is 0.130 e. The van der Waals surface area contributed by atoms with Crippen LogP contribution >= 0.6 is 15.9 Å². The third-order valence-corrected chi connectivity index (χ3v) is 3.51. The van der Waals surface area contributed by atoms with E-state index in [0.29, 0.717) is 0 Å². The molecule has 0 nitrogen and oxygen atoms in total. The molecule has 1 unspecified atom stereocenters. The van der Waals surface area contributed by atoms with E-state index in [2.05, 4.69) is 15.9 Å². The van der Waals surface area contributed by atoms with Crippen LogP contribution in [-0.2, 0) is 6.42 Å². The highest BCUT2D eigenvalue weighted by molar-refractivity contribution is 9.09. The SMILES string of the molecule is Fc1ccc(CC(Br)c2c(F)cccc2F)c(F)c1. The highest BCUT2D eigenvalue weighted by Gasteiger charge is 2.19. The van der Waals surface area contributed by atoms with Crippen molar-refractivity contribution in [1.29, 1.82) is 0 Å². The second-order valence-electron chi connectivity index (χ2n) is 4.04. The van der Waals surface area contributed by atoms with Gasteiger partial charge in [-0.2, -0.15) is 0 Å². The number of halogens is 5. The lowest BCUT2D eigenvalue weighted by molar-refractivity contribution is 0.546. The molecule has 0 bridgehead atoms. The minimum atomic E-state index is -0.735. The normalized spacial score (nSPS) is 12.5. The van der Waals surface area contributed by atoms with Crippen LogP contribution in [0.5, 0.6) is 0 Å². The molecule has 0 amide bonds. The lowest BCUT2D eigenvalue weighted by Crippen LogP contribution is -2.03. The lowest BCUT2D eigenvalue weighted by Gasteiger charge is -2.13. The van der Waals surface area contributed by atoms with Crippen LogP contribution in [0, 0.1) is 23.3 Å². The number of hydrogen-bond acceptors (Lipinski definition) is 0. The van der Waals surface area contributed by atoms with Crippen LogP contribution in [0.1, 0.15) is 16.0 Å². The van der Waals surface area contributed by atoms with E-state index < -0.39 is 28.1 Å². The van der Waals surface area contributed by atoms with Gasteiger partial charge in [-0.1, -0.05) is 28.1 Å². The Kier molecular flexibility index (Phi) is 4.24. The maximum Gasteiger partial charge on any atom is 0.130 e. The summed E-state index contributed by atoms with van der Waals surface area (Å²) in [6.07, 6.45) is 0.0178. The Hall–Kier alpha value is -1.36. The third-order valence-electron chi connectivity index (χ3n) is 2.73. The van der Waals surface area contributed by atoms with Gasteiger partial charge in [0.05, 0.1) is 0 Å². The van der Waals surface area contributed by atoms with Crippen molar-refractivity contribution < 1.29 is 17.6 Å². The average molecular weight is 333 g/mol. The molecule has 0 spiro atoms. The van der Waals surface area contributed by atoms with Gasteiger partial charge in [0.15, 0.2) is 0 Å². The molecule has 19 heavy (non-hydrogen) atoms. The van der Waals surface area contributed by atoms with Crippen molar-refractivity contribution in [3.8, 4) is 0 Å². The molecular formula is C14H9BrF4. The molecule has 0 aliphatic carbocycles. The van der Waals surface area contributed by atoms with Gasteiger partial charge in [0, 0.05) is 16.5 Å². The summed E-state index contributed by atoms with van der Waals surface area (Å²) in [4.78, 5) is -0.728. The minimum absolute atomic E-state index is 0.0178. The Morgan fingerprint density at radius 1 is 0.895 bits per heavy atom. The molecule has 0 saturated carbocycles. The zero-order valence-electron chi connectivity index (χ0n) is 9.64. The highest BCUT2D eigenvalue weighted by atomic mass is 79.9. The minimum Gasteiger partial charge on any atom is -0.207 e. The fraction of sp³-hybridized carbons (Fsp3) is 0.143. The Bertz CT molecular complexity index is 578. The maximum absolute atomic E-state index is 13.5. The van der Waals surface area contributed by atoms with Crippen molar-refractivity contribution >= 4 is 15.9 Å². The number of alkyl halides is 1. The summed E-state index contributed by atoms with van der Waals surface area (Å²) in [6, 6.07) is 6.63. The van der Waals surface area contributed by atoms with E-state index in [9.17, 15) is 17.6 Å². The molecule has 0 aliphatic rings. The van der Waals surface area contributed by atoms with Crippen LogP contribution < -0.4 is 0 Å². The van der Waals surface area contributed by atoms with Crippen molar-refractivity contribution in [2.24, 2.45) is 0 Å². The van der Waals surface area contributed by atoms with E-state index in [1.807, 2.05) is 0 Å². The summed E-state index contributed by atoms with van der Waals surface area (Å²) in [5.74, 6) is -2.83. The third kappa shape index (κ3) is 3.15. The molecule has 0 aromatic heterocycles. The summed E-state index contributed by atoms with van der Waals surface area (Å²) in [5, 5.41) is 0. The second-order valence-corrected chi connectivity index (χ2v) is 5.15. The van der Waals surface area contributed by atoms with Crippen LogP contribution in [0.25, 0.3) is 0 Å². The van der Waals surface area contributed by atoms with Gasteiger partial charge in [0.25, 0.3) is 0 Å². The molecule has 2 rings (SSSR count). The van der Waals surface area contributed by atoms with Crippen molar-refractivity contribution in [2.75, 3.05) is 0 Å². The summed E-state index contributed by atoms with van der Waals surface area (Å²) in [5.41, 5.74) is 0.0251. The predicted molar refractivity (Wildman–Crippen MR) is 68.1 cm³/mol. The molecule has 0 fully saturated rings. The quantitative estimate of drug-likeness (QED) is 0.552. The van der Waals surface area contributed by atoms with Crippen LogP contribution in [0.4, 0.5) is 17.6 Å². The summed E-state index contributed by atoms with van der Waals surface area (Å²) in [6.45, 7) is 0. The van der Waals surface area contributed by atoms with E-state index in [0.717, 1.165) is 24.3 Å². The fourth-order valence-electron chi connectivity index (χ4n) is 1.79. The number of rotatable bonds is 3. The Labute approximate surface area is 116 Å². The van der Waals surface area contributed by atoms with Crippen molar-refractivity contribution in [2.45, 2.75) is 11.2 Å². The van der Waals surface area contributed by atoms with Crippen molar-refractivity contribution in [1.82, 2.24) is 0 Å². The van der Waals surface area contributed by atoms with E-state index >= 15 is 0 Å². The largest absolute Gasteiger partial charge is 0.207 e. The molecule has 2 aromatic rings. The van der Waals surface area contributed by atoms with Crippen molar-refractivity contribution in [3.63, 3.8) is 0 Å². The topological polar surface area (TPSA) is 0 Å². The first-order chi connectivity index (χ1) is 8.99. The molecule has 100 valence electrons. The van der Waals surface area contributed by atoms with Gasteiger partial charge in [-0.15, -0.1) is 0 Å². The van der Waals surface area contributed by atoms with E-state index in [-0.39, 0.29) is 17.5 Å². The van der Waals surface area contributed by atoms with Crippen LogP contribution in [0.2, 0.25) is 0 Å². The first-order valence-corrected chi connectivity index (χ1v) is 6.42. The van der Waals surface area contributed by atoms with Gasteiger partial charge in [-0.25, -0.2) is 17.6 Å². The average Bonchev–Trinajstić information content (AvgIpc) is 2.32. The Morgan fingerprint density at radius 2 is 1.53 bits per heavy atom. The van der Waals surface area contributed by atoms with E-state index in [1.165, 1.54) is 12.1 Å². The Balaban J connectivity index is 2.28. The summed E-state index contributed by atoms with van der Waals surface area (Å²) < 4.78 is 53.3. The fourth-order valence-corrected chi connectivity index (χ4v) is 2.58. The standard InChI is InChI=1S/C14H9BrF4/c15-10(14-11(17)2-1-3-12(14)18)6-8-4-5-9(16)7-13(8)19/h1-5,7,10H,6H2. The van der Waals surface area contributed by atoms with Crippen LogP contribution in [0.3, 0.4) is 0 Å². The van der Waals surface area contributed by atoms with Crippen LogP contribution in [-0.4, -0.2) is 0 Å². The first-order valence-electron chi connectivity index (χ1n) is 5.51. The molecular weight excluding hydrogens is 324 g/mol.